The predicted octanol–water partition coefficient (Wildman–Crippen LogP) is -0.0861. The largest absolute Gasteiger partial charge is 0.379 e. The lowest BCUT2D eigenvalue weighted by Gasteiger charge is -2.13. The van der Waals surface area contributed by atoms with Crippen molar-refractivity contribution in [1.82, 2.24) is 10.6 Å². The van der Waals surface area contributed by atoms with Gasteiger partial charge >= 0.3 is 0 Å². The Hall–Kier alpha value is -0.120. The average molecular weight is 158 g/mol. The lowest BCUT2D eigenvalue weighted by atomic mass is 10.1. The first kappa shape index (κ1) is 8.97. The molecule has 1 aliphatic rings. The standard InChI is InChI=1S/C8H18N2O/c1-2-8(11)10-6-7-3-4-9-5-7/h7-11H,2-6H2,1H3/t7-,8?/m0/s1. The number of hydrogen-bond donors (Lipinski definition) is 3. The molecule has 2 atom stereocenters. The fourth-order valence-corrected chi connectivity index (χ4v) is 1.34. The number of rotatable bonds is 4. The Bertz CT molecular complexity index is 102. The minimum atomic E-state index is -0.310. The van der Waals surface area contributed by atoms with Crippen LogP contribution >= 0.6 is 0 Å². The predicted molar refractivity (Wildman–Crippen MR) is 45.3 cm³/mol. The van der Waals surface area contributed by atoms with Gasteiger partial charge in [-0.3, -0.25) is 5.32 Å². The molecule has 1 saturated heterocycles. The fraction of sp³-hybridized carbons (Fsp3) is 1.00. The van der Waals surface area contributed by atoms with Gasteiger partial charge in [0.15, 0.2) is 0 Å². The van der Waals surface area contributed by atoms with Gasteiger partial charge in [0, 0.05) is 6.54 Å². The van der Waals surface area contributed by atoms with Crippen LogP contribution in [0.2, 0.25) is 0 Å². The van der Waals surface area contributed by atoms with Crippen LogP contribution < -0.4 is 10.6 Å². The number of hydrogen-bond acceptors (Lipinski definition) is 3. The van der Waals surface area contributed by atoms with Crippen molar-refractivity contribution in [2.45, 2.75) is 26.0 Å². The number of aliphatic hydroxyl groups excluding tert-OH is 1. The fourth-order valence-electron chi connectivity index (χ4n) is 1.34. The first-order valence-electron chi connectivity index (χ1n) is 4.45. The van der Waals surface area contributed by atoms with Crippen molar-refractivity contribution in [1.29, 1.82) is 0 Å². The van der Waals surface area contributed by atoms with Gasteiger partial charge in [-0.05, 0) is 31.8 Å². The van der Waals surface area contributed by atoms with Gasteiger partial charge in [-0.25, -0.2) is 0 Å². The van der Waals surface area contributed by atoms with Gasteiger partial charge in [0.1, 0.15) is 6.23 Å². The Labute approximate surface area is 68.2 Å². The van der Waals surface area contributed by atoms with Crippen molar-refractivity contribution in [3.05, 3.63) is 0 Å². The zero-order chi connectivity index (χ0) is 8.10. The maximum absolute atomic E-state index is 9.19. The summed E-state index contributed by atoms with van der Waals surface area (Å²) in [6.45, 7) is 5.16. The Morgan fingerprint density at radius 2 is 2.55 bits per heavy atom. The molecule has 0 bridgehead atoms. The van der Waals surface area contributed by atoms with Gasteiger partial charge in [0.25, 0.3) is 0 Å². The Morgan fingerprint density at radius 1 is 1.73 bits per heavy atom. The third-order valence-corrected chi connectivity index (χ3v) is 2.19. The summed E-state index contributed by atoms with van der Waals surface area (Å²) < 4.78 is 0. The van der Waals surface area contributed by atoms with Crippen molar-refractivity contribution < 1.29 is 5.11 Å². The third-order valence-electron chi connectivity index (χ3n) is 2.19. The Kier molecular flexibility index (Phi) is 3.83. The molecule has 0 amide bonds. The summed E-state index contributed by atoms with van der Waals surface area (Å²) in [5, 5.41) is 15.6. The molecule has 1 fully saturated rings. The van der Waals surface area contributed by atoms with E-state index in [4.69, 9.17) is 0 Å². The van der Waals surface area contributed by atoms with Crippen LogP contribution in [0.4, 0.5) is 0 Å². The number of nitrogens with one attached hydrogen (secondary N) is 2. The van der Waals surface area contributed by atoms with E-state index in [1.807, 2.05) is 6.92 Å². The second kappa shape index (κ2) is 4.70. The molecule has 0 spiro atoms. The van der Waals surface area contributed by atoms with E-state index in [1.54, 1.807) is 0 Å². The molecule has 11 heavy (non-hydrogen) atoms. The highest BCUT2D eigenvalue weighted by atomic mass is 16.3. The van der Waals surface area contributed by atoms with Crippen LogP contribution in [0.15, 0.2) is 0 Å². The van der Waals surface area contributed by atoms with E-state index in [0.29, 0.717) is 0 Å². The van der Waals surface area contributed by atoms with Crippen LogP contribution in [-0.2, 0) is 0 Å². The summed E-state index contributed by atoms with van der Waals surface area (Å²) in [5.41, 5.74) is 0. The highest BCUT2D eigenvalue weighted by Crippen LogP contribution is 2.05. The summed E-state index contributed by atoms with van der Waals surface area (Å²) in [5.74, 6) is 0.719. The van der Waals surface area contributed by atoms with Crippen LogP contribution in [0.5, 0.6) is 0 Å². The molecular formula is C8H18N2O. The summed E-state index contributed by atoms with van der Waals surface area (Å²) in [4.78, 5) is 0. The Balaban J connectivity index is 2.01. The lowest BCUT2D eigenvalue weighted by molar-refractivity contribution is 0.128. The molecule has 1 rings (SSSR count). The van der Waals surface area contributed by atoms with Gasteiger partial charge < -0.3 is 10.4 Å². The second-order valence-corrected chi connectivity index (χ2v) is 3.19. The molecule has 0 aromatic heterocycles. The van der Waals surface area contributed by atoms with E-state index in [0.717, 1.165) is 32.0 Å². The van der Waals surface area contributed by atoms with E-state index < -0.39 is 0 Å². The smallest absolute Gasteiger partial charge is 0.104 e. The summed E-state index contributed by atoms with van der Waals surface area (Å²) in [6, 6.07) is 0. The first-order valence-corrected chi connectivity index (χ1v) is 4.45. The number of aliphatic hydroxyl groups is 1. The van der Waals surface area contributed by atoms with Crippen molar-refractivity contribution in [2.24, 2.45) is 5.92 Å². The molecule has 0 aromatic carbocycles. The molecular weight excluding hydrogens is 140 g/mol. The zero-order valence-electron chi connectivity index (χ0n) is 7.14. The van der Waals surface area contributed by atoms with Crippen molar-refractivity contribution in [2.75, 3.05) is 19.6 Å². The quantitative estimate of drug-likeness (QED) is 0.501. The molecule has 1 aliphatic heterocycles. The molecule has 3 nitrogen and oxygen atoms in total. The zero-order valence-corrected chi connectivity index (χ0v) is 7.14. The average Bonchev–Trinajstić information content (AvgIpc) is 2.52. The molecule has 3 N–H and O–H groups in total. The molecule has 0 aromatic rings. The molecule has 0 saturated carbocycles. The summed E-state index contributed by atoms with van der Waals surface area (Å²) in [6.07, 6.45) is 1.72. The van der Waals surface area contributed by atoms with E-state index in [1.165, 1.54) is 6.42 Å². The van der Waals surface area contributed by atoms with E-state index in [9.17, 15) is 5.11 Å². The van der Waals surface area contributed by atoms with Crippen LogP contribution in [0.3, 0.4) is 0 Å². The minimum Gasteiger partial charge on any atom is -0.379 e. The third kappa shape index (κ3) is 3.18. The first-order chi connectivity index (χ1) is 5.33. The van der Waals surface area contributed by atoms with E-state index in [-0.39, 0.29) is 6.23 Å². The second-order valence-electron chi connectivity index (χ2n) is 3.19. The molecule has 1 unspecified atom stereocenters. The van der Waals surface area contributed by atoms with Crippen LogP contribution in [0, 0.1) is 5.92 Å². The highest BCUT2D eigenvalue weighted by molar-refractivity contribution is 4.73. The maximum Gasteiger partial charge on any atom is 0.104 e. The molecule has 3 heteroatoms. The van der Waals surface area contributed by atoms with Crippen LogP contribution in [-0.4, -0.2) is 31.0 Å². The van der Waals surface area contributed by atoms with Crippen molar-refractivity contribution >= 4 is 0 Å². The topological polar surface area (TPSA) is 44.3 Å². The summed E-state index contributed by atoms with van der Waals surface area (Å²) >= 11 is 0. The van der Waals surface area contributed by atoms with Gasteiger partial charge in [0.2, 0.25) is 0 Å². The van der Waals surface area contributed by atoms with E-state index in [2.05, 4.69) is 10.6 Å². The molecule has 1 heterocycles. The Morgan fingerprint density at radius 3 is 3.09 bits per heavy atom. The van der Waals surface area contributed by atoms with E-state index >= 15 is 0 Å². The lowest BCUT2D eigenvalue weighted by Crippen LogP contribution is -2.33. The van der Waals surface area contributed by atoms with Crippen molar-refractivity contribution in [3.8, 4) is 0 Å². The van der Waals surface area contributed by atoms with Gasteiger partial charge in [-0.15, -0.1) is 0 Å². The molecule has 0 aliphatic carbocycles. The summed E-state index contributed by atoms with van der Waals surface area (Å²) in [7, 11) is 0. The van der Waals surface area contributed by atoms with Gasteiger partial charge in [0.05, 0.1) is 0 Å². The maximum atomic E-state index is 9.19. The SMILES string of the molecule is CCC(O)NC[C@H]1CCNC1. The van der Waals surface area contributed by atoms with Crippen LogP contribution in [0.25, 0.3) is 0 Å². The monoisotopic (exact) mass is 158 g/mol. The highest BCUT2D eigenvalue weighted by Gasteiger charge is 2.14. The molecule has 0 radical (unpaired) electrons. The molecule has 66 valence electrons. The van der Waals surface area contributed by atoms with Crippen LogP contribution in [0.1, 0.15) is 19.8 Å². The normalized spacial score (nSPS) is 27.3. The van der Waals surface area contributed by atoms with Gasteiger partial charge in [-0.1, -0.05) is 6.92 Å². The van der Waals surface area contributed by atoms with Crippen molar-refractivity contribution in [3.63, 3.8) is 0 Å². The minimum absolute atomic E-state index is 0.310. The van der Waals surface area contributed by atoms with Gasteiger partial charge in [-0.2, -0.15) is 0 Å².